The minimum absolute atomic E-state index is 0.0748. The number of ether oxygens (including phenoxy) is 3. The van der Waals surface area contributed by atoms with Gasteiger partial charge in [-0.05, 0) is 77.2 Å². The summed E-state index contributed by atoms with van der Waals surface area (Å²) in [5.74, 6) is -0.146. The zero-order valence-corrected chi connectivity index (χ0v) is 28.1. The average molecular weight is 623 g/mol. The van der Waals surface area contributed by atoms with Gasteiger partial charge in [-0.2, -0.15) is 0 Å². The standard InChI is InChI=1S/C37H66O7/c1-3-4-5-6-7-8-9-10-14-17-20-31(38)35-25-26-36(44-35)33(40)23-22-32(39)34-24-21-30(43-34)19-16-13-11-12-15-18-29-27-28(2)42-37(29)41/h27-28,30-36,38-40H,3-26H2,1-2H3/t28?,30-,31-,32+,33-,34-,35-,36-/m1/s1. The van der Waals surface area contributed by atoms with E-state index < -0.39 is 18.3 Å². The first-order valence-electron chi connectivity index (χ1n) is 18.6. The van der Waals surface area contributed by atoms with E-state index in [1.165, 1.54) is 57.8 Å². The van der Waals surface area contributed by atoms with Crippen LogP contribution in [0.15, 0.2) is 11.6 Å². The van der Waals surface area contributed by atoms with Crippen LogP contribution >= 0.6 is 0 Å². The molecule has 2 fully saturated rings. The number of hydrogen-bond acceptors (Lipinski definition) is 7. The molecular weight excluding hydrogens is 556 g/mol. The first-order chi connectivity index (χ1) is 21.4. The Kier molecular flexibility index (Phi) is 18.5. The number of esters is 1. The summed E-state index contributed by atoms with van der Waals surface area (Å²) in [6.07, 6.45) is 25.4. The molecule has 1 unspecified atom stereocenters. The van der Waals surface area contributed by atoms with Gasteiger partial charge in [0.2, 0.25) is 0 Å². The molecule has 0 radical (unpaired) electrons. The number of unbranched alkanes of at least 4 members (excludes halogenated alkanes) is 13. The molecule has 256 valence electrons. The molecule has 3 aliphatic rings. The molecular formula is C37H66O7. The van der Waals surface area contributed by atoms with Gasteiger partial charge in [0.1, 0.15) is 6.10 Å². The topological polar surface area (TPSA) is 105 Å². The van der Waals surface area contributed by atoms with E-state index in [0.29, 0.717) is 12.8 Å². The predicted octanol–water partition coefficient (Wildman–Crippen LogP) is 7.86. The Hall–Kier alpha value is -0.990. The fourth-order valence-corrected chi connectivity index (χ4v) is 7.26. The molecule has 7 nitrogen and oxygen atoms in total. The van der Waals surface area contributed by atoms with E-state index >= 15 is 0 Å². The van der Waals surface area contributed by atoms with Crippen LogP contribution in [0.2, 0.25) is 0 Å². The molecule has 2 saturated heterocycles. The number of cyclic esters (lactones) is 1. The van der Waals surface area contributed by atoms with Gasteiger partial charge in [0.25, 0.3) is 0 Å². The number of rotatable bonds is 25. The van der Waals surface area contributed by atoms with Crippen molar-refractivity contribution in [3.05, 3.63) is 11.6 Å². The Bertz CT molecular complexity index is 801. The third kappa shape index (κ3) is 14.2. The van der Waals surface area contributed by atoms with Crippen molar-refractivity contribution in [2.45, 2.75) is 217 Å². The molecule has 0 aliphatic carbocycles. The molecule has 44 heavy (non-hydrogen) atoms. The fourth-order valence-electron chi connectivity index (χ4n) is 7.26. The van der Waals surface area contributed by atoms with Gasteiger partial charge in [-0.1, -0.05) is 96.8 Å². The lowest BCUT2D eigenvalue weighted by Gasteiger charge is -2.24. The van der Waals surface area contributed by atoms with Gasteiger partial charge < -0.3 is 29.5 Å². The van der Waals surface area contributed by atoms with Crippen LogP contribution in [0.1, 0.15) is 168 Å². The van der Waals surface area contributed by atoms with Crippen molar-refractivity contribution in [2.24, 2.45) is 0 Å². The molecule has 7 heteroatoms. The maximum Gasteiger partial charge on any atom is 0.334 e. The SMILES string of the molecule is CCCCCCCCCCCC[C@@H](O)[C@H]1CC[C@H]([C@H](O)CC[C@H](O)[C@H]2CC[C@@H](CCCCCCCC3=CC(C)OC3=O)O2)O1. The van der Waals surface area contributed by atoms with Gasteiger partial charge in [0.15, 0.2) is 0 Å². The lowest BCUT2D eigenvalue weighted by Crippen LogP contribution is -2.33. The van der Waals surface area contributed by atoms with Crippen LogP contribution in [0.25, 0.3) is 0 Å². The normalized spacial score (nSPS) is 27.4. The van der Waals surface area contributed by atoms with Crippen LogP contribution in [0.4, 0.5) is 0 Å². The van der Waals surface area contributed by atoms with Crippen molar-refractivity contribution in [2.75, 3.05) is 0 Å². The average Bonchev–Trinajstić information content (AvgIpc) is 3.76. The number of aliphatic hydroxyl groups is 3. The van der Waals surface area contributed by atoms with Gasteiger partial charge in [0.05, 0.1) is 42.7 Å². The Balaban J connectivity index is 1.16. The Morgan fingerprint density at radius 2 is 1.16 bits per heavy atom. The van der Waals surface area contributed by atoms with Crippen LogP contribution in [-0.2, 0) is 19.0 Å². The third-order valence-corrected chi connectivity index (χ3v) is 10.1. The molecule has 0 bridgehead atoms. The summed E-state index contributed by atoms with van der Waals surface area (Å²) in [5, 5.41) is 32.2. The first kappa shape index (κ1) is 37.5. The monoisotopic (exact) mass is 622 g/mol. The second-order valence-electron chi connectivity index (χ2n) is 14.0. The number of carbonyl (C=O) groups excluding carboxylic acids is 1. The highest BCUT2D eigenvalue weighted by atomic mass is 16.5. The Labute approximate surface area is 268 Å². The number of hydrogen-bond donors (Lipinski definition) is 3. The maximum absolute atomic E-state index is 11.7. The highest BCUT2D eigenvalue weighted by Crippen LogP contribution is 2.31. The summed E-state index contributed by atoms with van der Waals surface area (Å²) in [4.78, 5) is 11.7. The minimum Gasteiger partial charge on any atom is -0.455 e. The Morgan fingerprint density at radius 3 is 1.75 bits per heavy atom. The lowest BCUT2D eigenvalue weighted by atomic mass is 9.98. The van der Waals surface area contributed by atoms with Crippen LogP contribution in [0.5, 0.6) is 0 Å². The van der Waals surface area contributed by atoms with Crippen molar-refractivity contribution in [3.8, 4) is 0 Å². The molecule has 0 aromatic heterocycles. The molecule has 3 rings (SSSR count). The summed E-state index contributed by atoms with van der Waals surface area (Å²) < 4.78 is 17.4. The summed E-state index contributed by atoms with van der Waals surface area (Å²) in [5.41, 5.74) is 0.836. The smallest absolute Gasteiger partial charge is 0.334 e. The third-order valence-electron chi connectivity index (χ3n) is 10.1. The van der Waals surface area contributed by atoms with Crippen molar-refractivity contribution in [1.82, 2.24) is 0 Å². The second kappa shape index (κ2) is 21.7. The summed E-state index contributed by atoms with van der Waals surface area (Å²) in [6, 6.07) is 0. The maximum atomic E-state index is 11.7. The van der Waals surface area contributed by atoms with E-state index in [4.69, 9.17) is 14.2 Å². The van der Waals surface area contributed by atoms with Crippen molar-refractivity contribution in [3.63, 3.8) is 0 Å². The summed E-state index contributed by atoms with van der Waals surface area (Å²) >= 11 is 0. The molecule has 3 N–H and O–H groups in total. The molecule has 3 aliphatic heterocycles. The highest BCUT2D eigenvalue weighted by molar-refractivity contribution is 5.90. The van der Waals surface area contributed by atoms with Crippen LogP contribution in [0.3, 0.4) is 0 Å². The number of aliphatic hydroxyl groups excluding tert-OH is 3. The molecule has 0 spiro atoms. The zero-order valence-electron chi connectivity index (χ0n) is 28.1. The lowest BCUT2D eigenvalue weighted by molar-refractivity contribution is -0.139. The van der Waals surface area contributed by atoms with Crippen molar-refractivity contribution in [1.29, 1.82) is 0 Å². The number of carbonyl (C=O) groups is 1. The van der Waals surface area contributed by atoms with Crippen LogP contribution in [-0.4, -0.2) is 70.1 Å². The molecule has 0 amide bonds. The Morgan fingerprint density at radius 1 is 0.659 bits per heavy atom. The zero-order chi connectivity index (χ0) is 31.6. The molecule has 8 atom stereocenters. The van der Waals surface area contributed by atoms with Crippen LogP contribution in [0, 0.1) is 0 Å². The summed E-state index contributed by atoms with van der Waals surface area (Å²) in [7, 11) is 0. The van der Waals surface area contributed by atoms with Crippen molar-refractivity contribution >= 4 is 5.97 Å². The largest absolute Gasteiger partial charge is 0.455 e. The predicted molar refractivity (Wildman–Crippen MR) is 175 cm³/mol. The quantitative estimate of drug-likeness (QED) is 0.0703. The van der Waals surface area contributed by atoms with E-state index in [9.17, 15) is 20.1 Å². The molecule has 3 heterocycles. The highest BCUT2D eigenvalue weighted by Gasteiger charge is 2.36. The van der Waals surface area contributed by atoms with Gasteiger partial charge in [-0.3, -0.25) is 0 Å². The molecule has 0 saturated carbocycles. The van der Waals surface area contributed by atoms with E-state index in [1.54, 1.807) is 0 Å². The minimum atomic E-state index is -0.615. The van der Waals surface area contributed by atoms with E-state index in [0.717, 1.165) is 89.0 Å². The first-order valence-corrected chi connectivity index (χ1v) is 18.6. The van der Waals surface area contributed by atoms with Gasteiger partial charge >= 0.3 is 5.97 Å². The molecule has 0 aromatic rings. The van der Waals surface area contributed by atoms with E-state index in [-0.39, 0.29) is 36.5 Å². The molecule has 0 aromatic carbocycles. The van der Waals surface area contributed by atoms with E-state index in [1.807, 2.05) is 13.0 Å². The fraction of sp³-hybridized carbons (Fsp3) is 0.919. The van der Waals surface area contributed by atoms with E-state index in [2.05, 4.69) is 6.92 Å². The second-order valence-corrected chi connectivity index (χ2v) is 14.0. The van der Waals surface area contributed by atoms with Gasteiger partial charge in [-0.25, -0.2) is 4.79 Å². The summed E-state index contributed by atoms with van der Waals surface area (Å²) in [6.45, 7) is 4.16. The van der Waals surface area contributed by atoms with Gasteiger partial charge in [0, 0.05) is 5.57 Å². The van der Waals surface area contributed by atoms with Crippen molar-refractivity contribution < 1.29 is 34.3 Å². The van der Waals surface area contributed by atoms with Crippen LogP contribution < -0.4 is 0 Å². The van der Waals surface area contributed by atoms with Gasteiger partial charge in [-0.15, -0.1) is 0 Å².